The Balaban J connectivity index is 1.62. The van der Waals surface area contributed by atoms with E-state index in [0.29, 0.717) is 23.5 Å². The maximum atomic E-state index is 13.1. The van der Waals surface area contributed by atoms with Crippen molar-refractivity contribution in [2.24, 2.45) is 0 Å². The van der Waals surface area contributed by atoms with Crippen LogP contribution in [0.3, 0.4) is 0 Å². The molecule has 0 bridgehead atoms. The normalized spacial score (nSPS) is 21.6. The molecule has 32 heavy (non-hydrogen) atoms. The Kier molecular flexibility index (Phi) is 4.81. The first-order valence-corrected chi connectivity index (χ1v) is 10.5. The SMILES string of the molecule is Cc1ccc(C2C(=C(O)c3ccc4c(c3)CC(C)O4)C(=O)C(=O)N2Cc2cccnc2)o1. The maximum Gasteiger partial charge on any atom is 0.296 e. The number of pyridine rings is 1. The van der Waals surface area contributed by atoms with Crippen molar-refractivity contribution in [2.75, 3.05) is 0 Å². The summed E-state index contributed by atoms with van der Waals surface area (Å²) in [6.45, 7) is 3.93. The van der Waals surface area contributed by atoms with E-state index in [0.717, 1.165) is 16.9 Å². The summed E-state index contributed by atoms with van der Waals surface area (Å²) in [5.74, 6) is 0.187. The van der Waals surface area contributed by atoms with Crippen molar-refractivity contribution in [3.63, 3.8) is 0 Å². The second kappa shape index (κ2) is 7.67. The maximum absolute atomic E-state index is 13.1. The van der Waals surface area contributed by atoms with Crippen LogP contribution in [-0.2, 0) is 22.6 Å². The molecule has 0 aliphatic carbocycles. The second-order valence-electron chi connectivity index (χ2n) is 8.19. The number of rotatable bonds is 4. The van der Waals surface area contributed by atoms with E-state index in [2.05, 4.69) is 4.98 Å². The molecule has 4 heterocycles. The van der Waals surface area contributed by atoms with Crippen molar-refractivity contribution < 1.29 is 23.8 Å². The van der Waals surface area contributed by atoms with Gasteiger partial charge in [-0.05, 0) is 61.4 Å². The molecule has 162 valence electrons. The summed E-state index contributed by atoms with van der Waals surface area (Å²) in [6.07, 6.45) is 4.06. The number of aliphatic hydroxyl groups excluding tert-OH is 1. The van der Waals surface area contributed by atoms with Gasteiger partial charge in [0.05, 0.1) is 5.57 Å². The van der Waals surface area contributed by atoms with E-state index in [-0.39, 0.29) is 24.0 Å². The molecule has 1 N–H and O–H groups in total. The zero-order valence-corrected chi connectivity index (χ0v) is 17.7. The van der Waals surface area contributed by atoms with Crippen molar-refractivity contribution >= 4 is 17.4 Å². The molecule has 7 nitrogen and oxygen atoms in total. The van der Waals surface area contributed by atoms with Crippen LogP contribution in [0.5, 0.6) is 5.75 Å². The van der Waals surface area contributed by atoms with Crippen molar-refractivity contribution in [3.8, 4) is 5.75 Å². The number of benzene rings is 1. The Morgan fingerprint density at radius 2 is 2.06 bits per heavy atom. The number of aryl methyl sites for hydroxylation is 1. The number of aromatic nitrogens is 1. The van der Waals surface area contributed by atoms with Gasteiger partial charge in [0.1, 0.15) is 35.2 Å². The number of carbonyl (C=O) groups excluding carboxylic acids is 2. The summed E-state index contributed by atoms with van der Waals surface area (Å²) < 4.78 is 11.5. The summed E-state index contributed by atoms with van der Waals surface area (Å²) in [5.41, 5.74) is 2.21. The largest absolute Gasteiger partial charge is 0.507 e. The Morgan fingerprint density at radius 3 is 2.78 bits per heavy atom. The van der Waals surface area contributed by atoms with Crippen LogP contribution in [0.1, 0.15) is 41.2 Å². The van der Waals surface area contributed by atoms with Gasteiger partial charge < -0.3 is 19.2 Å². The molecular weight excluding hydrogens is 408 g/mol. The number of aliphatic hydroxyl groups is 1. The highest BCUT2D eigenvalue weighted by Crippen LogP contribution is 2.41. The summed E-state index contributed by atoms with van der Waals surface area (Å²) in [5, 5.41) is 11.2. The average Bonchev–Trinajstić information content (AvgIpc) is 3.44. The topological polar surface area (TPSA) is 92.9 Å². The highest BCUT2D eigenvalue weighted by Gasteiger charge is 2.47. The molecule has 7 heteroatoms. The van der Waals surface area contributed by atoms with Gasteiger partial charge in [-0.25, -0.2) is 0 Å². The van der Waals surface area contributed by atoms with Crippen LogP contribution in [0.25, 0.3) is 5.76 Å². The molecule has 1 aromatic carbocycles. The minimum absolute atomic E-state index is 0.0140. The number of ether oxygens (including phenoxy) is 1. The lowest BCUT2D eigenvalue weighted by Crippen LogP contribution is -2.29. The quantitative estimate of drug-likeness (QED) is 0.383. The predicted molar refractivity (Wildman–Crippen MR) is 116 cm³/mol. The molecule has 2 aliphatic rings. The summed E-state index contributed by atoms with van der Waals surface area (Å²) in [7, 11) is 0. The number of carbonyl (C=O) groups is 2. The van der Waals surface area contributed by atoms with Crippen molar-refractivity contribution in [3.05, 3.63) is 88.6 Å². The van der Waals surface area contributed by atoms with E-state index in [1.165, 1.54) is 4.90 Å². The molecule has 2 aliphatic heterocycles. The molecule has 1 saturated heterocycles. The minimum Gasteiger partial charge on any atom is -0.507 e. The Labute approximate surface area is 184 Å². The molecule has 2 aromatic heterocycles. The van der Waals surface area contributed by atoms with Crippen molar-refractivity contribution in [2.45, 2.75) is 39.0 Å². The van der Waals surface area contributed by atoms with Crippen LogP contribution in [0, 0.1) is 6.92 Å². The third-order valence-electron chi connectivity index (χ3n) is 5.82. The molecule has 0 saturated carbocycles. The van der Waals surface area contributed by atoms with Crippen LogP contribution >= 0.6 is 0 Å². The number of hydrogen-bond donors (Lipinski definition) is 1. The van der Waals surface area contributed by atoms with Gasteiger partial charge in [-0.3, -0.25) is 14.6 Å². The fraction of sp³-hybridized carbons (Fsp3) is 0.240. The number of nitrogens with zero attached hydrogens (tertiary/aromatic N) is 2. The number of likely N-dealkylation sites (tertiary alicyclic amines) is 1. The van der Waals surface area contributed by atoms with E-state index in [1.807, 2.05) is 19.1 Å². The van der Waals surface area contributed by atoms with E-state index in [9.17, 15) is 14.7 Å². The standard InChI is InChI=1S/C25H22N2O5/c1-14-5-7-20(31-14)22-21(23(28)17-6-8-19-18(11-17)10-15(2)32-19)24(29)25(30)27(22)13-16-4-3-9-26-12-16/h3-9,11-12,15,22,28H,10,13H2,1-2H3. The molecular formula is C25H22N2O5. The van der Waals surface area contributed by atoms with Gasteiger partial charge in [0.2, 0.25) is 0 Å². The summed E-state index contributed by atoms with van der Waals surface area (Å²) >= 11 is 0. The average molecular weight is 430 g/mol. The van der Waals surface area contributed by atoms with Crippen LogP contribution in [-0.4, -0.2) is 32.8 Å². The van der Waals surface area contributed by atoms with Crippen LogP contribution in [0.4, 0.5) is 0 Å². The molecule has 3 aromatic rings. The zero-order valence-electron chi connectivity index (χ0n) is 17.7. The number of amides is 1. The third-order valence-corrected chi connectivity index (χ3v) is 5.82. The molecule has 2 unspecified atom stereocenters. The minimum atomic E-state index is -0.840. The monoisotopic (exact) mass is 430 g/mol. The van der Waals surface area contributed by atoms with E-state index in [1.54, 1.807) is 49.6 Å². The predicted octanol–water partition coefficient (Wildman–Crippen LogP) is 3.93. The number of furan rings is 1. The Morgan fingerprint density at radius 1 is 1.22 bits per heavy atom. The van der Waals surface area contributed by atoms with Gasteiger partial charge in [-0.15, -0.1) is 0 Å². The van der Waals surface area contributed by atoms with E-state index < -0.39 is 17.7 Å². The third kappa shape index (κ3) is 3.36. The molecule has 0 spiro atoms. The fourth-order valence-electron chi connectivity index (χ4n) is 4.35. The summed E-state index contributed by atoms with van der Waals surface area (Å²) in [4.78, 5) is 31.6. The highest BCUT2D eigenvalue weighted by atomic mass is 16.5. The second-order valence-corrected chi connectivity index (χ2v) is 8.19. The smallest absolute Gasteiger partial charge is 0.296 e. The lowest BCUT2D eigenvalue weighted by Gasteiger charge is -2.23. The molecule has 1 fully saturated rings. The molecule has 0 radical (unpaired) electrons. The number of fused-ring (bicyclic) bond motifs is 1. The number of ketones is 1. The molecule has 1 amide bonds. The molecule has 5 rings (SSSR count). The van der Waals surface area contributed by atoms with Gasteiger partial charge in [0.25, 0.3) is 11.7 Å². The number of Topliss-reactive ketones (excluding diaryl/α,β-unsaturated/α-hetero) is 1. The highest BCUT2D eigenvalue weighted by molar-refractivity contribution is 6.46. The summed E-state index contributed by atoms with van der Waals surface area (Å²) in [6, 6.07) is 11.6. The fourth-order valence-corrected chi connectivity index (χ4v) is 4.35. The van der Waals surface area contributed by atoms with Crippen molar-refractivity contribution in [1.29, 1.82) is 0 Å². The van der Waals surface area contributed by atoms with Crippen molar-refractivity contribution in [1.82, 2.24) is 9.88 Å². The van der Waals surface area contributed by atoms with Gasteiger partial charge in [0, 0.05) is 30.9 Å². The van der Waals surface area contributed by atoms with E-state index in [4.69, 9.17) is 9.15 Å². The lowest BCUT2D eigenvalue weighted by atomic mass is 9.97. The number of hydrogen-bond acceptors (Lipinski definition) is 6. The first kappa shape index (κ1) is 20.1. The van der Waals surface area contributed by atoms with Gasteiger partial charge in [0.15, 0.2) is 0 Å². The first-order chi connectivity index (χ1) is 15.4. The lowest BCUT2D eigenvalue weighted by molar-refractivity contribution is -0.140. The Hall–Kier alpha value is -3.87. The first-order valence-electron chi connectivity index (χ1n) is 10.5. The van der Waals surface area contributed by atoms with Gasteiger partial charge in [-0.1, -0.05) is 6.07 Å². The van der Waals surface area contributed by atoms with E-state index >= 15 is 0 Å². The van der Waals surface area contributed by atoms with Gasteiger partial charge >= 0.3 is 0 Å². The molecule has 2 atom stereocenters. The van der Waals surface area contributed by atoms with Crippen LogP contribution in [0.15, 0.2) is 64.8 Å². The zero-order chi connectivity index (χ0) is 22.4. The Bertz CT molecular complexity index is 1240. The van der Waals surface area contributed by atoms with Crippen LogP contribution < -0.4 is 4.74 Å². The van der Waals surface area contributed by atoms with Crippen LogP contribution in [0.2, 0.25) is 0 Å². The van der Waals surface area contributed by atoms with Gasteiger partial charge in [-0.2, -0.15) is 0 Å².